The Bertz CT molecular complexity index is 497. The fraction of sp³-hybridized carbons (Fsp3) is 0.357. The molecule has 0 saturated heterocycles. The van der Waals surface area contributed by atoms with Crippen molar-refractivity contribution in [2.24, 2.45) is 0 Å². The molecule has 2 aromatic rings. The lowest BCUT2D eigenvalue weighted by molar-refractivity contribution is 0.597. The van der Waals surface area contributed by atoms with E-state index in [0.29, 0.717) is 18.0 Å². The third-order valence-electron chi connectivity index (χ3n) is 2.89. The Morgan fingerprint density at radius 3 is 2.94 bits per heavy atom. The summed E-state index contributed by atoms with van der Waals surface area (Å²) in [5.41, 5.74) is 1.67. The summed E-state index contributed by atoms with van der Waals surface area (Å²) in [6.45, 7) is 5.45. The van der Waals surface area contributed by atoms with E-state index in [9.17, 15) is 4.39 Å². The average Bonchev–Trinajstić information content (AvgIpc) is 2.87. The second kappa shape index (κ2) is 6.07. The first-order valence-corrected chi connectivity index (χ1v) is 6.90. The van der Waals surface area contributed by atoms with Crippen molar-refractivity contribution in [1.82, 2.24) is 10.3 Å². The van der Waals surface area contributed by atoms with E-state index in [4.69, 9.17) is 0 Å². The molecule has 0 saturated carbocycles. The highest BCUT2D eigenvalue weighted by Gasteiger charge is 2.07. The smallest absolute Gasteiger partial charge is 0.126 e. The van der Waals surface area contributed by atoms with Crippen molar-refractivity contribution in [2.45, 2.75) is 26.3 Å². The molecule has 96 valence electrons. The molecule has 1 atom stereocenters. The van der Waals surface area contributed by atoms with Crippen LogP contribution >= 0.6 is 11.3 Å². The van der Waals surface area contributed by atoms with Gasteiger partial charge in [-0.15, -0.1) is 11.3 Å². The minimum atomic E-state index is -0.137. The third kappa shape index (κ3) is 3.37. The van der Waals surface area contributed by atoms with Gasteiger partial charge in [-0.3, -0.25) is 0 Å². The number of thiazole rings is 1. The number of halogens is 1. The molecule has 1 N–H and O–H groups in total. The first-order chi connectivity index (χ1) is 8.66. The number of nitrogens with one attached hydrogen (secondary N) is 1. The number of aromatic nitrogens is 1. The molecule has 1 aromatic carbocycles. The zero-order chi connectivity index (χ0) is 13.0. The van der Waals surface area contributed by atoms with E-state index in [2.05, 4.69) is 17.2 Å². The second-order valence-electron chi connectivity index (χ2n) is 4.49. The predicted octanol–water partition coefficient (Wildman–Crippen LogP) is 3.48. The number of aryl methyl sites for hydroxylation is 1. The van der Waals surface area contributed by atoms with Gasteiger partial charge < -0.3 is 5.32 Å². The van der Waals surface area contributed by atoms with E-state index in [1.54, 1.807) is 24.3 Å². The lowest BCUT2D eigenvalue weighted by Crippen LogP contribution is -2.19. The number of rotatable bonds is 5. The Hall–Kier alpha value is -1.26. The molecule has 0 aliphatic carbocycles. The summed E-state index contributed by atoms with van der Waals surface area (Å²) in [7, 11) is 0. The van der Waals surface area contributed by atoms with E-state index in [1.807, 2.05) is 23.7 Å². The van der Waals surface area contributed by atoms with Crippen molar-refractivity contribution in [2.75, 3.05) is 6.54 Å². The second-order valence-corrected chi connectivity index (χ2v) is 5.41. The lowest BCUT2D eigenvalue weighted by atomic mass is 10.1. The highest BCUT2D eigenvalue weighted by molar-refractivity contribution is 7.09. The van der Waals surface area contributed by atoms with Crippen LogP contribution < -0.4 is 5.32 Å². The van der Waals surface area contributed by atoms with Crippen LogP contribution in [0.15, 0.2) is 29.8 Å². The molecular weight excluding hydrogens is 247 g/mol. The number of hydrogen-bond donors (Lipinski definition) is 1. The van der Waals surface area contributed by atoms with Crippen molar-refractivity contribution in [3.8, 4) is 0 Å². The average molecular weight is 264 g/mol. The van der Waals surface area contributed by atoms with Gasteiger partial charge in [-0.05, 0) is 24.1 Å². The van der Waals surface area contributed by atoms with Crippen LogP contribution in [0.3, 0.4) is 0 Å². The third-order valence-corrected chi connectivity index (χ3v) is 3.90. The van der Waals surface area contributed by atoms with Crippen LogP contribution in [0.2, 0.25) is 0 Å². The predicted molar refractivity (Wildman–Crippen MR) is 73.4 cm³/mol. The summed E-state index contributed by atoms with van der Waals surface area (Å²) in [6.07, 6.45) is 1.83. The topological polar surface area (TPSA) is 24.9 Å². The van der Waals surface area contributed by atoms with Crippen LogP contribution in [0.1, 0.15) is 29.0 Å². The van der Waals surface area contributed by atoms with Crippen LogP contribution in [0, 0.1) is 12.7 Å². The quantitative estimate of drug-likeness (QED) is 0.894. The van der Waals surface area contributed by atoms with Gasteiger partial charge in [0.2, 0.25) is 0 Å². The van der Waals surface area contributed by atoms with Gasteiger partial charge in [0.25, 0.3) is 0 Å². The van der Waals surface area contributed by atoms with Crippen LogP contribution in [-0.2, 0) is 6.54 Å². The van der Waals surface area contributed by atoms with Gasteiger partial charge >= 0.3 is 0 Å². The molecule has 18 heavy (non-hydrogen) atoms. The number of benzene rings is 1. The molecular formula is C14H17FN2S. The van der Waals surface area contributed by atoms with E-state index >= 15 is 0 Å². The standard InChI is InChI=1S/C14H17FN2S/c1-10-3-4-12(7-13(10)15)9-16-8-11(2)14-17-5-6-18-14/h3-7,11,16H,8-9H2,1-2H3. The molecule has 2 rings (SSSR count). The molecule has 1 aromatic heterocycles. The largest absolute Gasteiger partial charge is 0.312 e. The van der Waals surface area contributed by atoms with Crippen molar-refractivity contribution in [3.05, 3.63) is 51.7 Å². The molecule has 4 heteroatoms. The molecule has 0 aliphatic rings. The van der Waals surface area contributed by atoms with Crippen molar-refractivity contribution in [3.63, 3.8) is 0 Å². The molecule has 0 bridgehead atoms. The number of hydrogen-bond acceptors (Lipinski definition) is 3. The summed E-state index contributed by atoms with van der Waals surface area (Å²) in [5.74, 6) is 0.252. The normalized spacial score (nSPS) is 12.6. The Balaban J connectivity index is 1.83. The Morgan fingerprint density at radius 1 is 1.44 bits per heavy atom. The summed E-state index contributed by atoms with van der Waals surface area (Å²) in [5, 5.41) is 6.46. The Labute approximate surface area is 111 Å². The lowest BCUT2D eigenvalue weighted by Gasteiger charge is -2.10. The van der Waals surface area contributed by atoms with E-state index in [1.165, 1.54) is 0 Å². The maximum absolute atomic E-state index is 13.4. The summed E-state index contributed by atoms with van der Waals surface area (Å²) in [4.78, 5) is 4.29. The maximum atomic E-state index is 13.4. The van der Waals surface area contributed by atoms with Crippen LogP contribution in [-0.4, -0.2) is 11.5 Å². The van der Waals surface area contributed by atoms with Crippen LogP contribution in [0.25, 0.3) is 0 Å². The molecule has 0 radical (unpaired) electrons. The molecule has 1 heterocycles. The van der Waals surface area contributed by atoms with Crippen molar-refractivity contribution >= 4 is 11.3 Å². The Kier molecular flexibility index (Phi) is 4.44. The monoisotopic (exact) mass is 264 g/mol. The fourth-order valence-corrected chi connectivity index (χ4v) is 2.44. The van der Waals surface area contributed by atoms with E-state index in [-0.39, 0.29) is 5.82 Å². The highest BCUT2D eigenvalue weighted by Crippen LogP contribution is 2.16. The first kappa shape index (κ1) is 13.2. The molecule has 0 amide bonds. The van der Waals surface area contributed by atoms with Gasteiger partial charge in [0.1, 0.15) is 5.82 Å². The SMILES string of the molecule is Cc1ccc(CNCC(C)c2nccs2)cc1F. The van der Waals surface area contributed by atoms with Crippen molar-refractivity contribution in [1.29, 1.82) is 0 Å². The molecule has 1 unspecified atom stereocenters. The highest BCUT2D eigenvalue weighted by atomic mass is 32.1. The van der Waals surface area contributed by atoms with Gasteiger partial charge in [-0.2, -0.15) is 0 Å². The van der Waals surface area contributed by atoms with Gasteiger partial charge in [-0.1, -0.05) is 19.1 Å². The zero-order valence-corrected chi connectivity index (χ0v) is 11.4. The van der Waals surface area contributed by atoms with Gasteiger partial charge in [-0.25, -0.2) is 9.37 Å². The summed E-state index contributed by atoms with van der Waals surface area (Å²) < 4.78 is 13.4. The minimum Gasteiger partial charge on any atom is -0.312 e. The minimum absolute atomic E-state index is 0.137. The van der Waals surface area contributed by atoms with Crippen LogP contribution in [0.4, 0.5) is 4.39 Å². The van der Waals surface area contributed by atoms with Gasteiger partial charge in [0, 0.05) is 30.6 Å². The Morgan fingerprint density at radius 2 is 2.28 bits per heavy atom. The zero-order valence-electron chi connectivity index (χ0n) is 10.6. The number of nitrogens with zero attached hydrogens (tertiary/aromatic N) is 1. The molecule has 2 nitrogen and oxygen atoms in total. The molecule has 0 spiro atoms. The van der Waals surface area contributed by atoms with Gasteiger partial charge in [0.15, 0.2) is 0 Å². The maximum Gasteiger partial charge on any atom is 0.126 e. The summed E-state index contributed by atoms with van der Waals surface area (Å²) in [6, 6.07) is 5.37. The molecule has 0 fully saturated rings. The van der Waals surface area contributed by atoms with Crippen LogP contribution in [0.5, 0.6) is 0 Å². The van der Waals surface area contributed by atoms with Gasteiger partial charge in [0.05, 0.1) is 5.01 Å². The van der Waals surface area contributed by atoms with E-state index < -0.39 is 0 Å². The molecule has 0 aliphatic heterocycles. The first-order valence-electron chi connectivity index (χ1n) is 6.02. The summed E-state index contributed by atoms with van der Waals surface area (Å²) >= 11 is 1.67. The van der Waals surface area contributed by atoms with Crippen molar-refractivity contribution < 1.29 is 4.39 Å². The van der Waals surface area contributed by atoms with E-state index in [0.717, 1.165) is 17.1 Å². The fourth-order valence-electron chi connectivity index (χ4n) is 1.74.